The third-order valence-electron chi connectivity index (χ3n) is 2.63. The molecule has 4 nitrogen and oxygen atoms in total. The van der Waals surface area contributed by atoms with Crippen LogP contribution >= 0.6 is 11.6 Å². The fourth-order valence-corrected chi connectivity index (χ4v) is 2.10. The Labute approximate surface area is 115 Å². The second-order valence-corrected chi connectivity index (χ2v) is 6.64. The first-order valence-corrected chi connectivity index (χ1v) is 6.82. The number of nitrogens with zero attached hydrogens (tertiary/aromatic N) is 1. The maximum absolute atomic E-state index is 12.1. The first-order chi connectivity index (χ1) is 8.13. The summed E-state index contributed by atoms with van der Waals surface area (Å²) < 4.78 is 11.3. The Morgan fingerprint density at radius 1 is 1.50 bits per heavy atom. The lowest BCUT2D eigenvalue weighted by molar-refractivity contribution is -0.164. The van der Waals surface area contributed by atoms with Crippen molar-refractivity contribution in [1.29, 1.82) is 0 Å². The molecule has 0 N–H and O–H groups in total. The quantitative estimate of drug-likeness (QED) is 0.741. The summed E-state index contributed by atoms with van der Waals surface area (Å²) in [6.07, 6.45) is -0.103. The molecule has 1 fully saturated rings. The summed E-state index contributed by atoms with van der Waals surface area (Å²) in [4.78, 5) is 13.9. The highest BCUT2D eigenvalue weighted by molar-refractivity contribution is 6.18. The van der Waals surface area contributed by atoms with Crippen LogP contribution in [0.15, 0.2) is 0 Å². The van der Waals surface area contributed by atoms with Crippen LogP contribution in [-0.2, 0) is 14.3 Å². The van der Waals surface area contributed by atoms with Crippen molar-refractivity contribution in [2.24, 2.45) is 0 Å². The standard InChI is InChI=1S/C13H24ClNO3/c1-12(2,3)17-8-11(16)15-7-10(6-14)18-13(4,5)9-15/h10H,6-9H2,1-5H3. The summed E-state index contributed by atoms with van der Waals surface area (Å²) in [5, 5.41) is 0. The molecule has 1 atom stereocenters. The van der Waals surface area contributed by atoms with Gasteiger partial charge >= 0.3 is 0 Å². The van der Waals surface area contributed by atoms with Crippen LogP contribution in [0.3, 0.4) is 0 Å². The molecule has 1 amide bonds. The number of alkyl halides is 1. The van der Waals surface area contributed by atoms with Gasteiger partial charge in [0, 0.05) is 13.1 Å². The molecule has 0 aliphatic carbocycles. The van der Waals surface area contributed by atoms with E-state index in [0.717, 1.165) is 0 Å². The molecule has 0 spiro atoms. The van der Waals surface area contributed by atoms with Crippen molar-refractivity contribution < 1.29 is 14.3 Å². The molecule has 0 aromatic heterocycles. The molecular weight excluding hydrogens is 254 g/mol. The van der Waals surface area contributed by atoms with Crippen LogP contribution in [0.5, 0.6) is 0 Å². The molecule has 1 aliphatic rings. The molecule has 0 aromatic rings. The van der Waals surface area contributed by atoms with Crippen molar-refractivity contribution in [2.75, 3.05) is 25.6 Å². The van der Waals surface area contributed by atoms with E-state index >= 15 is 0 Å². The molecule has 0 saturated carbocycles. The number of amides is 1. The minimum absolute atomic E-state index is 0.00332. The second kappa shape index (κ2) is 5.76. The molecule has 1 heterocycles. The molecule has 1 rings (SSSR count). The Hall–Kier alpha value is -0.320. The average molecular weight is 278 g/mol. The van der Waals surface area contributed by atoms with Gasteiger partial charge in [0.15, 0.2) is 0 Å². The molecule has 1 aliphatic heterocycles. The maximum atomic E-state index is 12.1. The van der Waals surface area contributed by atoms with Crippen LogP contribution in [-0.4, -0.2) is 53.7 Å². The van der Waals surface area contributed by atoms with Crippen molar-refractivity contribution in [2.45, 2.75) is 51.9 Å². The number of halogens is 1. The van der Waals surface area contributed by atoms with E-state index in [2.05, 4.69) is 0 Å². The van der Waals surface area contributed by atoms with Gasteiger partial charge in [-0.3, -0.25) is 4.79 Å². The molecule has 0 bridgehead atoms. The van der Waals surface area contributed by atoms with E-state index in [0.29, 0.717) is 19.0 Å². The molecule has 0 aromatic carbocycles. The maximum Gasteiger partial charge on any atom is 0.248 e. The molecule has 1 unspecified atom stereocenters. The van der Waals surface area contributed by atoms with Gasteiger partial charge in [-0.1, -0.05) is 0 Å². The summed E-state index contributed by atoms with van der Waals surface area (Å²) in [6, 6.07) is 0. The largest absolute Gasteiger partial charge is 0.367 e. The zero-order valence-electron chi connectivity index (χ0n) is 12.0. The van der Waals surface area contributed by atoms with E-state index in [9.17, 15) is 4.79 Å². The van der Waals surface area contributed by atoms with E-state index in [4.69, 9.17) is 21.1 Å². The second-order valence-electron chi connectivity index (χ2n) is 6.33. The number of ether oxygens (including phenoxy) is 2. The number of hydrogen-bond acceptors (Lipinski definition) is 3. The Morgan fingerprint density at radius 2 is 2.11 bits per heavy atom. The van der Waals surface area contributed by atoms with E-state index < -0.39 is 0 Å². The highest BCUT2D eigenvalue weighted by Crippen LogP contribution is 2.22. The summed E-state index contributed by atoms with van der Waals surface area (Å²) in [5.74, 6) is 0.393. The lowest BCUT2D eigenvalue weighted by Crippen LogP contribution is -2.56. The average Bonchev–Trinajstić information content (AvgIpc) is 2.22. The third-order valence-corrected chi connectivity index (χ3v) is 2.98. The zero-order chi connectivity index (χ0) is 14.0. The Balaban J connectivity index is 2.56. The Morgan fingerprint density at radius 3 is 2.61 bits per heavy atom. The normalized spacial score (nSPS) is 24.1. The monoisotopic (exact) mass is 277 g/mol. The van der Waals surface area contributed by atoms with E-state index in [1.54, 1.807) is 4.90 Å². The minimum atomic E-state index is -0.352. The number of carbonyl (C=O) groups is 1. The fourth-order valence-electron chi connectivity index (χ4n) is 1.94. The summed E-state index contributed by atoms with van der Waals surface area (Å²) in [6.45, 7) is 11.0. The predicted molar refractivity (Wildman–Crippen MR) is 72.0 cm³/mol. The lowest BCUT2D eigenvalue weighted by Gasteiger charge is -2.42. The number of morpholine rings is 1. The van der Waals surface area contributed by atoms with E-state index in [1.807, 2.05) is 34.6 Å². The SMILES string of the molecule is CC(C)(C)OCC(=O)N1CC(CCl)OC(C)(C)C1. The predicted octanol–water partition coefficient (Wildman–Crippen LogP) is 2.05. The van der Waals surface area contributed by atoms with Crippen molar-refractivity contribution in [1.82, 2.24) is 4.90 Å². The van der Waals surface area contributed by atoms with Gasteiger partial charge in [0.2, 0.25) is 5.91 Å². The van der Waals surface area contributed by atoms with Gasteiger partial charge in [-0.05, 0) is 34.6 Å². The molecule has 1 saturated heterocycles. The molecule has 18 heavy (non-hydrogen) atoms. The van der Waals surface area contributed by atoms with Gasteiger partial charge in [0.05, 0.1) is 23.2 Å². The van der Waals surface area contributed by atoms with Gasteiger partial charge in [0.25, 0.3) is 0 Å². The van der Waals surface area contributed by atoms with Gasteiger partial charge in [-0.15, -0.1) is 11.6 Å². The van der Waals surface area contributed by atoms with Crippen LogP contribution in [0.1, 0.15) is 34.6 Å². The number of rotatable bonds is 3. The van der Waals surface area contributed by atoms with E-state index in [-0.39, 0.29) is 29.8 Å². The van der Waals surface area contributed by atoms with Gasteiger partial charge in [-0.2, -0.15) is 0 Å². The van der Waals surface area contributed by atoms with Crippen molar-refractivity contribution in [3.63, 3.8) is 0 Å². The van der Waals surface area contributed by atoms with Gasteiger partial charge < -0.3 is 14.4 Å². The van der Waals surface area contributed by atoms with Gasteiger partial charge in [-0.25, -0.2) is 0 Å². The third kappa shape index (κ3) is 5.12. The van der Waals surface area contributed by atoms with Crippen LogP contribution in [0.2, 0.25) is 0 Å². The number of hydrogen-bond donors (Lipinski definition) is 0. The zero-order valence-corrected chi connectivity index (χ0v) is 12.7. The van der Waals surface area contributed by atoms with Crippen LogP contribution in [0.25, 0.3) is 0 Å². The highest BCUT2D eigenvalue weighted by Gasteiger charge is 2.35. The molecule has 5 heteroatoms. The smallest absolute Gasteiger partial charge is 0.248 e. The highest BCUT2D eigenvalue weighted by atomic mass is 35.5. The fraction of sp³-hybridized carbons (Fsp3) is 0.923. The summed E-state index contributed by atoms with van der Waals surface area (Å²) in [5.41, 5.74) is -0.654. The van der Waals surface area contributed by atoms with Crippen LogP contribution in [0.4, 0.5) is 0 Å². The summed E-state index contributed by atoms with van der Waals surface area (Å²) in [7, 11) is 0. The van der Waals surface area contributed by atoms with Crippen LogP contribution in [0, 0.1) is 0 Å². The van der Waals surface area contributed by atoms with Crippen molar-refractivity contribution in [3.8, 4) is 0 Å². The topological polar surface area (TPSA) is 38.8 Å². The first kappa shape index (κ1) is 15.7. The van der Waals surface area contributed by atoms with Gasteiger partial charge in [0.1, 0.15) is 6.61 Å². The number of carbonyl (C=O) groups excluding carboxylic acids is 1. The van der Waals surface area contributed by atoms with Crippen LogP contribution < -0.4 is 0 Å². The van der Waals surface area contributed by atoms with E-state index in [1.165, 1.54) is 0 Å². The Kier molecular flexibility index (Phi) is 5.04. The minimum Gasteiger partial charge on any atom is -0.367 e. The molecular formula is C13H24ClNO3. The summed E-state index contributed by atoms with van der Waals surface area (Å²) >= 11 is 5.83. The van der Waals surface area contributed by atoms with Crippen molar-refractivity contribution in [3.05, 3.63) is 0 Å². The first-order valence-electron chi connectivity index (χ1n) is 6.28. The molecule has 0 radical (unpaired) electrons. The Bertz CT molecular complexity index is 299. The lowest BCUT2D eigenvalue weighted by atomic mass is 10.1. The van der Waals surface area contributed by atoms with Crippen molar-refractivity contribution >= 4 is 17.5 Å². The molecule has 106 valence electrons.